The van der Waals surface area contributed by atoms with Crippen molar-refractivity contribution in [3.05, 3.63) is 24.0 Å². The first-order valence-corrected chi connectivity index (χ1v) is 4.26. The summed E-state index contributed by atoms with van der Waals surface area (Å²) in [7, 11) is 0. The van der Waals surface area contributed by atoms with Crippen LogP contribution in [0.1, 0.15) is 10.4 Å². The highest BCUT2D eigenvalue weighted by molar-refractivity contribution is 6.18. The van der Waals surface area contributed by atoms with Gasteiger partial charge in [0.05, 0.1) is 11.8 Å². The maximum atomic E-state index is 11.3. The SMILES string of the molecule is O=C(NCCCl)c1ccncc1O. The van der Waals surface area contributed by atoms with Crippen molar-refractivity contribution in [1.29, 1.82) is 0 Å². The van der Waals surface area contributed by atoms with Crippen LogP contribution in [-0.4, -0.2) is 28.4 Å². The van der Waals surface area contributed by atoms with Crippen molar-refractivity contribution in [3.8, 4) is 5.75 Å². The fourth-order valence-corrected chi connectivity index (χ4v) is 0.929. The van der Waals surface area contributed by atoms with Crippen molar-refractivity contribution in [3.63, 3.8) is 0 Å². The van der Waals surface area contributed by atoms with Gasteiger partial charge in [0.1, 0.15) is 5.75 Å². The van der Waals surface area contributed by atoms with Gasteiger partial charge in [-0.25, -0.2) is 0 Å². The third kappa shape index (κ3) is 2.59. The van der Waals surface area contributed by atoms with Gasteiger partial charge in [-0.3, -0.25) is 9.78 Å². The highest BCUT2D eigenvalue weighted by Gasteiger charge is 2.08. The minimum atomic E-state index is -0.347. The third-order valence-electron chi connectivity index (χ3n) is 1.42. The fourth-order valence-electron chi connectivity index (χ4n) is 0.834. The molecule has 4 nitrogen and oxygen atoms in total. The van der Waals surface area contributed by atoms with E-state index in [0.29, 0.717) is 12.4 Å². The van der Waals surface area contributed by atoms with Gasteiger partial charge in [0.2, 0.25) is 0 Å². The summed E-state index contributed by atoms with van der Waals surface area (Å²) in [6.45, 7) is 0.377. The zero-order valence-electron chi connectivity index (χ0n) is 6.83. The van der Waals surface area contributed by atoms with Crippen LogP contribution in [0.2, 0.25) is 0 Å². The number of amides is 1. The Kier molecular flexibility index (Phi) is 3.52. The van der Waals surface area contributed by atoms with E-state index < -0.39 is 0 Å². The molecule has 0 bridgehead atoms. The molecular weight excluding hydrogens is 192 g/mol. The molecule has 0 atom stereocenters. The van der Waals surface area contributed by atoms with Gasteiger partial charge in [-0.05, 0) is 6.07 Å². The number of halogens is 1. The zero-order chi connectivity index (χ0) is 9.68. The van der Waals surface area contributed by atoms with Crippen molar-refractivity contribution >= 4 is 17.5 Å². The van der Waals surface area contributed by atoms with Gasteiger partial charge < -0.3 is 10.4 Å². The van der Waals surface area contributed by atoms with E-state index in [-0.39, 0.29) is 17.2 Å². The molecule has 0 unspecified atom stereocenters. The van der Waals surface area contributed by atoms with Gasteiger partial charge in [0.15, 0.2) is 0 Å². The summed E-state index contributed by atoms with van der Waals surface area (Å²) in [5, 5.41) is 11.8. The van der Waals surface area contributed by atoms with E-state index in [1.807, 2.05) is 0 Å². The first kappa shape index (κ1) is 9.80. The minimum absolute atomic E-state index is 0.130. The van der Waals surface area contributed by atoms with Crippen molar-refractivity contribution in [1.82, 2.24) is 10.3 Å². The molecule has 70 valence electrons. The van der Waals surface area contributed by atoms with E-state index in [1.54, 1.807) is 0 Å². The van der Waals surface area contributed by atoms with E-state index in [4.69, 9.17) is 11.6 Å². The van der Waals surface area contributed by atoms with E-state index in [2.05, 4.69) is 10.3 Å². The zero-order valence-corrected chi connectivity index (χ0v) is 7.58. The summed E-state index contributed by atoms with van der Waals surface area (Å²) in [5.74, 6) is -0.132. The molecule has 2 N–H and O–H groups in total. The van der Waals surface area contributed by atoms with E-state index >= 15 is 0 Å². The van der Waals surface area contributed by atoms with Crippen LogP contribution >= 0.6 is 11.6 Å². The Morgan fingerprint density at radius 1 is 1.69 bits per heavy atom. The van der Waals surface area contributed by atoms with Gasteiger partial charge in [-0.15, -0.1) is 11.6 Å². The summed E-state index contributed by atoms with van der Waals surface area (Å²) >= 11 is 5.38. The summed E-state index contributed by atoms with van der Waals surface area (Å²) in [4.78, 5) is 14.9. The van der Waals surface area contributed by atoms with Crippen molar-refractivity contribution < 1.29 is 9.90 Å². The molecule has 0 saturated heterocycles. The Bertz CT molecular complexity index is 304. The van der Waals surface area contributed by atoms with Gasteiger partial charge in [0.25, 0.3) is 5.91 Å². The Hall–Kier alpha value is -1.29. The molecule has 1 rings (SSSR count). The molecule has 0 aliphatic heterocycles. The molecule has 0 aliphatic rings. The highest BCUT2D eigenvalue weighted by atomic mass is 35.5. The minimum Gasteiger partial charge on any atom is -0.505 e. The third-order valence-corrected chi connectivity index (χ3v) is 1.61. The summed E-state index contributed by atoms with van der Waals surface area (Å²) < 4.78 is 0. The predicted octanol–water partition coefficient (Wildman–Crippen LogP) is 0.756. The Morgan fingerprint density at radius 3 is 3.08 bits per heavy atom. The number of nitrogens with zero attached hydrogens (tertiary/aromatic N) is 1. The van der Waals surface area contributed by atoms with Crippen LogP contribution in [0.5, 0.6) is 5.75 Å². The number of pyridine rings is 1. The lowest BCUT2D eigenvalue weighted by molar-refractivity contribution is 0.0953. The van der Waals surface area contributed by atoms with Crippen LogP contribution in [0.3, 0.4) is 0 Å². The van der Waals surface area contributed by atoms with Crippen molar-refractivity contribution in [2.45, 2.75) is 0 Å². The first-order chi connectivity index (χ1) is 6.25. The molecule has 0 saturated carbocycles. The van der Waals surface area contributed by atoms with E-state index in [9.17, 15) is 9.90 Å². The van der Waals surface area contributed by atoms with Crippen LogP contribution < -0.4 is 5.32 Å². The molecule has 0 aliphatic carbocycles. The summed E-state index contributed by atoms with van der Waals surface area (Å²) in [6.07, 6.45) is 2.66. The average molecular weight is 201 g/mol. The quantitative estimate of drug-likeness (QED) is 0.708. The molecule has 0 aromatic carbocycles. The standard InChI is InChI=1S/C8H9ClN2O2/c9-2-4-11-8(13)6-1-3-10-5-7(6)12/h1,3,5,12H,2,4H2,(H,11,13). The molecular formula is C8H9ClN2O2. The second-order valence-corrected chi connectivity index (χ2v) is 2.72. The number of aromatic hydroxyl groups is 1. The molecule has 1 aromatic heterocycles. The maximum Gasteiger partial charge on any atom is 0.255 e. The predicted molar refractivity (Wildman–Crippen MR) is 49.0 cm³/mol. The summed E-state index contributed by atoms with van der Waals surface area (Å²) in [5.41, 5.74) is 0.208. The lowest BCUT2D eigenvalue weighted by Crippen LogP contribution is -2.25. The number of alkyl halides is 1. The van der Waals surface area contributed by atoms with Gasteiger partial charge >= 0.3 is 0 Å². The summed E-state index contributed by atoms with van der Waals surface area (Å²) in [6, 6.07) is 1.44. The number of nitrogens with one attached hydrogen (secondary N) is 1. The van der Waals surface area contributed by atoms with Crippen LogP contribution in [0.15, 0.2) is 18.5 Å². The van der Waals surface area contributed by atoms with Crippen molar-refractivity contribution in [2.24, 2.45) is 0 Å². The number of aromatic nitrogens is 1. The van der Waals surface area contributed by atoms with Crippen LogP contribution in [0, 0.1) is 0 Å². The molecule has 0 spiro atoms. The van der Waals surface area contributed by atoms with Crippen LogP contribution in [-0.2, 0) is 0 Å². The normalized spacial score (nSPS) is 9.62. The molecule has 13 heavy (non-hydrogen) atoms. The second-order valence-electron chi connectivity index (χ2n) is 2.34. The second kappa shape index (κ2) is 4.67. The maximum absolute atomic E-state index is 11.3. The highest BCUT2D eigenvalue weighted by Crippen LogP contribution is 2.12. The smallest absolute Gasteiger partial charge is 0.255 e. The van der Waals surface area contributed by atoms with Crippen LogP contribution in [0.4, 0.5) is 0 Å². The number of carbonyl (C=O) groups excluding carboxylic acids is 1. The number of rotatable bonds is 3. The van der Waals surface area contributed by atoms with Gasteiger partial charge in [0, 0.05) is 18.6 Å². The molecule has 1 amide bonds. The Balaban J connectivity index is 2.71. The fraction of sp³-hybridized carbons (Fsp3) is 0.250. The molecule has 0 radical (unpaired) electrons. The van der Waals surface area contributed by atoms with Crippen LogP contribution in [0.25, 0.3) is 0 Å². The molecule has 1 heterocycles. The Labute approximate surface area is 80.6 Å². The molecule has 5 heteroatoms. The number of hydrogen-bond acceptors (Lipinski definition) is 3. The Morgan fingerprint density at radius 2 is 2.46 bits per heavy atom. The van der Waals surface area contributed by atoms with Crippen molar-refractivity contribution in [2.75, 3.05) is 12.4 Å². The lowest BCUT2D eigenvalue weighted by Gasteiger charge is -2.03. The molecule has 1 aromatic rings. The number of hydrogen-bond donors (Lipinski definition) is 2. The average Bonchev–Trinajstić information content (AvgIpc) is 2.15. The molecule has 0 fully saturated rings. The topological polar surface area (TPSA) is 62.2 Å². The number of carbonyl (C=O) groups is 1. The van der Waals surface area contributed by atoms with Gasteiger partial charge in [-0.1, -0.05) is 0 Å². The van der Waals surface area contributed by atoms with Gasteiger partial charge in [-0.2, -0.15) is 0 Å². The lowest BCUT2D eigenvalue weighted by atomic mass is 10.2. The monoisotopic (exact) mass is 200 g/mol. The van der Waals surface area contributed by atoms with E-state index in [1.165, 1.54) is 18.5 Å². The largest absolute Gasteiger partial charge is 0.505 e. The first-order valence-electron chi connectivity index (χ1n) is 3.73. The van der Waals surface area contributed by atoms with E-state index in [0.717, 1.165) is 0 Å².